The van der Waals surface area contributed by atoms with Crippen LogP contribution in [0.3, 0.4) is 0 Å². The Balaban J connectivity index is 1.92. The number of hydrogen-bond acceptors (Lipinski definition) is 2. The van der Waals surface area contributed by atoms with Gasteiger partial charge in [0.2, 0.25) is 0 Å². The zero-order valence-electron chi connectivity index (χ0n) is 8.16. The van der Waals surface area contributed by atoms with Crippen LogP contribution in [0.1, 0.15) is 12.8 Å². The Morgan fingerprint density at radius 1 is 1.50 bits per heavy atom. The van der Waals surface area contributed by atoms with Crippen molar-refractivity contribution in [3.8, 4) is 0 Å². The van der Waals surface area contributed by atoms with E-state index in [1.54, 1.807) is 9.80 Å². The summed E-state index contributed by atoms with van der Waals surface area (Å²) in [5, 5.41) is 0. The van der Waals surface area contributed by atoms with Gasteiger partial charge in [-0.15, -0.1) is 0 Å². The molecule has 2 amide bonds. The lowest BCUT2D eigenvalue weighted by molar-refractivity contribution is 0.188. The molecule has 0 spiro atoms. The normalized spacial score (nSPS) is 31.4. The number of fused-ring (bicyclic) bond motifs is 1. The van der Waals surface area contributed by atoms with Gasteiger partial charge < -0.3 is 15.5 Å². The van der Waals surface area contributed by atoms with E-state index in [4.69, 9.17) is 5.73 Å². The maximum absolute atomic E-state index is 13.0. The van der Waals surface area contributed by atoms with Crippen LogP contribution in [0.2, 0.25) is 0 Å². The highest BCUT2D eigenvalue weighted by Gasteiger charge is 2.43. The second-order valence-electron chi connectivity index (χ2n) is 4.01. The summed E-state index contributed by atoms with van der Waals surface area (Å²) < 4.78 is 13.0. The van der Waals surface area contributed by atoms with Crippen LogP contribution in [0, 0.1) is 0 Å². The molecular weight excluding hydrogens is 185 g/mol. The van der Waals surface area contributed by atoms with Crippen molar-refractivity contribution in [3.05, 3.63) is 0 Å². The third-order valence-corrected chi connectivity index (χ3v) is 2.94. The number of amides is 2. The lowest BCUT2D eigenvalue weighted by Crippen LogP contribution is -2.34. The molecule has 0 radical (unpaired) electrons. The van der Waals surface area contributed by atoms with Crippen molar-refractivity contribution < 1.29 is 9.18 Å². The van der Waals surface area contributed by atoms with Crippen molar-refractivity contribution in [2.75, 3.05) is 26.2 Å². The highest BCUT2D eigenvalue weighted by atomic mass is 19.1. The maximum Gasteiger partial charge on any atom is 0.320 e. The molecule has 0 unspecified atom stereocenters. The minimum atomic E-state index is -0.819. The first kappa shape index (κ1) is 9.71. The zero-order chi connectivity index (χ0) is 10.1. The molecule has 4 nitrogen and oxygen atoms in total. The van der Waals surface area contributed by atoms with Crippen LogP contribution in [0.5, 0.6) is 0 Å². The molecule has 5 heteroatoms. The highest BCUT2D eigenvalue weighted by Crippen LogP contribution is 2.27. The summed E-state index contributed by atoms with van der Waals surface area (Å²) in [5.74, 6) is 0. The molecule has 2 saturated heterocycles. The molecule has 0 aromatic heterocycles. The summed E-state index contributed by atoms with van der Waals surface area (Å²) in [5.41, 5.74) is 5.38. The second-order valence-corrected chi connectivity index (χ2v) is 4.01. The van der Waals surface area contributed by atoms with Crippen LogP contribution in [0.25, 0.3) is 0 Å². The first-order valence-corrected chi connectivity index (χ1v) is 5.12. The fourth-order valence-corrected chi connectivity index (χ4v) is 2.25. The molecule has 80 valence electrons. The van der Waals surface area contributed by atoms with Gasteiger partial charge in [-0.2, -0.15) is 0 Å². The van der Waals surface area contributed by atoms with Crippen LogP contribution in [-0.4, -0.2) is 54.2 Å². The number of nitrogens with zero attached hydrogens (tertiary/aromatic N) is 2. The van der Waals surface area contributed by atoms with Crippen molar-refractivity contribution in [2.24, 2.45) is 5.73 Å². The summed E-state index contributed by atoms with van der Waals surface area (Å²) in [6, 6.07) is 0.0962. The van der Waals surface area contributed by atoms with Crippen LogP contribution < -0.4 is 5.73 Å². The van der Waals surface area contributed by atoms with Gasteiger partial charge in [0.25, 0.3) is 0 Å². The van der Waals surface area contributed by atoms with Crippen LogP contribution in [0.15, 0.2) is 0 Å². The van der Waals surface area contributed by atoms with Crippen molar-refractivity contribution in [2.45, 2.75) is 25.1 Å². The molecule has 0 saturated carbocycles. The number of urea groups is 1. The maximum atomic E-state index is 13.0. The Morgan fingerprint density at radius 2 is 2.29 bits per heavy atom. The van der Waals surface area contributed by atoms with Crippen molar-refractivity contribution in [1.82, 2.24) is 9.80 Å². The minimum Gasteiger partial charge on any atom is -0.330 e. The third-order valence-electron chi connectivity index (χ3n) is 2.94. The van der Waals surface area contributed by atoms with Gasteiger partial charge in [-0.05, 0) is 13.0 Å². The summed E-state index contributed by atoms with van der Waals surface area (Å²) in [6.45, 7) is 2.27. The molecule has 2 aliphatic rings. The summed E-state index contributed by atoms with van der Waals surface area (Å²) in [4.78, 5) is 15.1. The molecule has 2 fully saturated rings. The van der Waals surface area contributed by atoms with Crippen LogP contribution >= 0.6 is 0 Å². The van der Waals surface area contributed by atoms with Gasteiger partial charge in [-0.3, -0.25) is 0 Å². The van der Waals surface area contributed by atoms with Gasteiger partial charge in [0, 0.05) is 19.5 Å². The molecule has 2 rings (SSSR count). The SMILES string of the molecule is NCCCN1C[C@@H]2C[C@H](F)CN2C1=O. The van der Waals surface area contributed by atoms with Crippen molar-refractivity contribution >= 4 is 6.03 Å². The first-order valence-electron chi connectivity index (χ1n) is 5.12. The quantitative estimate of drug-likeness (QED) is 0.708. The number of alkyl halides is 1. The fraction of sp³-hybridized carbons (Fsp3) is 0.889. The van der Waals surface area contributed by atoms with Gasteiger partial charge in [-0.1, -0.05) is 0 Å². The number of carbonyl (C=O) groups is 1. The standard InChI is InChI=1S/C9H16FN3O/c10-7-4-8-6-12(3-1-2-11)9(14)13(8)5-7/h7-8H,1-6,11H2/t7-,8-/m0/s1. The highest BCUT2D eigenvalue weighted by molar-refractivity contribution is 5.77. The Bertz CT molecular complexity index is 236. The fourth-order valence-electron chi connectivity index (χ4n) is 2.25. The third kappa shape index (κ3) is 1.56. The molecule has 0 aromatic carbocycles. The van der Waals surface area contributed by atoms with Gasteiger partial charge in [-0.25, -0.2) is 9.18 Å². The van der Waals surface area contributed by atoms with Gasteiger partial charge in [0.15, 0.2) is 0 Å². The predicted octanol–water partition coefficient (Wildman–Crippen LogP) is 0.183. The summed E-state index contributed by atoms with van der Waals surface area (Å²) >= 11 is 0. The molecule has 2 heterocycles. The Labute approximate surface area is 82.8 Å². The Morgan fingerprint density at radius 3 is 2.93 bits per heavy atom. The number of carbonyl (C=O) groups excluding carboxylic acids is 1. The second kappa shape index (κ2) is 3.73. The van der Waals surface area contributed by atoms with Crippen LogP contribution in [0.4, 0.5) is 9.18 Å². The predicted molar refractivity (Wildman–Crippen MR) is 50.6 cm³/mol. The minimum absolute atomic E-state index is 0.0106. The average molecular weight is 201 g/mol. The molecule has 2 N–H and O–H groups in total. The number of hydrogen-bond donors (Lipinski definition) is 1. The lowest BCUT2D eigenvalue weighted by atomic mass is 10.2. The smallest absolute Gasteiger partial charge is 0.320 e. The number of nitrogens with two attached hydrogens (primary N) is 1. The van der Waals surface area contributed by atoms with E-state index in [1.807, 2.05) is 0 Å². The summed E-state index contributed by atoms with van der Waals surface area (Å²) in [7, 11) is 0. The number of halogens is 1. The molecular formula is C9H16FN3O. The molecule has 0 aliphatic carbocycles. The van der Waals surface area contributed by atoms with E-state index in [-0.39, 0.29) is 18.6 Å². The van der Waals surface area contributed by atoms with E-state index in [9.17, 15) is 9.18 Å². The van der Waals surface area contributed by atoms with E-state index in [0.29, 0.717) is 26.1 Å². The number of rotatable bonds is 3. The molecule has 14 heavy (non-hydrogen) atoms. The average Bonchev–Trinajstić information content (AvgIpc) is 2.63. The van der Waals surface area contributed by atoms with Crippen molar-refractivity contribution in [1.29, 1.82) is 0 Å². The lowest BCUT2D eigenvalue weighted by Gasteiger charge is -2.16. The van der Waals surface area contributed by atoms with E-state index < -0.39 is 6.17 Å². The van der Waals surface area contributed by atoms with Crippen LogP contribution in [-0.2, 0) is 0 Å². The molecule has 2 atom stereocenters. The molecule has 0 bridgehead atoms. The summed E-state index contributed by atoms with van der Waals surface area (Å²) in [6.07, 6.45) is 0.511. The largest absolute Gasteiger partial charge is 0.330 e. The first-order chi connectivity index (χ1) is 6.72. The Kier molecular flexibility index (Phi) is 2.58. The van der Waals surface area contributed by atoms with E-state index in [1.165, 1.54) is 0 Å². The van der Waals surface area contributed by atoms with Crippen molar-refractivity contribution in [3.63, 3.8) is 0 Å². The molecule has 0 aromatic rings. The zero-order valence-corrected chi connectivity index (χ0v) is 8.16. The monoisotopic (exact) mass is 201 g/mol. The van der Waals surface area contributed by atoms with E-state index in [2.05, 4.69) is 0 Å². The van der Waals surface area contributed by atoms with Gasteiger partial charge >= 0.3 is 6.03 Å². The van der Waals surface area contributed by atoms with Gasteiger partial charge in [0.1, 0.15) is 6.17 Å². The Hall–Kier alpha value is -0.840. The molecule has 2 aliphatic heterocycles. The topological polar surface area (TPSA) is 49.6 Å². The van der Waals surface area contributed by atoms with Gasteiger partial charge in [0.05, 0.1) is 12.6 Å². The van der Waals surface area contributed by atoms with E-state index in [0.717, 1.165) is 6.42 Å². The van der Waals surface area contributed by atoms with E-state index >= 15 is 0 Å².